The average Bonchev–Trinajstić information content (AvgIpc) is 2.75. The van der Waals surface area contributed by atoms with E-state index in [1.54, 1.807) is 26.2 Å². The summed E-state index contributed by atoms with van der Waals surface area (Å²) in [7, 11) is 0. The van der Waals surface area contributed by atoms with Crippen LogP contribution in [-0.4, -0.2) is 40.3 Å². The van der Waals surface area contributed by atoms with Gasteiger partial charge in [0.15, 0.2) is 5.13 Å². The number of aromatic nitrogens is 1. The summed E-state index contributed by atoms with van der Waals surface area (Å²) < 4.78 is 5.00. The Balaban J connectivity index is 2.53. The molecule has 19 heavy (non-hydrogen) atoms. The van der Waals surface area contributed by atoms with Gasteiger partial charge in [0, 0.05) is 11.6 Å². The minimum absolute atomic E-state index is 0.398. The molecule has 1 rings (SSSR count). The molecule has 0 saturated carbocycles. The molecule has 0 fully saturated rings. The molecule has 2 amide bonds. The third-order valence-corrected chi connectivity index (χ3v) is 2.54. The predicted octanol–water partition coefficient (Wildman–Crippen LogP) is 0.967. The fourth-order valence-corrected chi connectivity index (χ4v) is 1.65. The van der Waals surface area contributed by atoms with Gasteiger partial charge in [-0.3, -0.25) is 4.79 Å². The summed E-state index contributed by atoms with van der Waals surface area (Å²) in [4.78, 5) is 27.1. The van der Waals surface area contributed by atoms with Gasteiger partial charge in [-0.25, -0.2) is 9.78 Å². The number of anilines is 1. The van der Waals surface area contributed by atoms with E-state index >= 15 is 0 Å². The summed E-state index contributed by atoms with van der Waals surface area (Å²) in [6.45, 7) is 4.58. The van der Waals surface area contributed by atoms with E-state index in [0.29, 0.717) is 5.13 Å². The van der Waals surface area contributed by atoms with Crippen molar-refractivity contribution >= 4 is 28.5 Å². The lowest BCUT2D eigenvalue weighted by molar-refractivity contribution is -0.119. The van der Waals surface area contributed by atoms with Gasteiger partial charge in [0.1, 0.15) is 11.6 Å². The third kappa shape index (κ3) is 5.66. The lowest BCUT2D eigenvalue weighted by atomic mass is 10.2. The predicted molar refractivity (Wildman–Crippen MR) is 71.0 cm³/mol. The molecule has 1 aromatic rings. The number of aliphatic hydroxyl groups is 1. The number of nitrogens with one attached hydrogen (secondary N) is 2. The van der Waals surface area contributed by atoms with E-state index < -0.39 is 30.3 Å². The Morgan fingerprint density at radius 2 is 2.21 bits per heavy atom. The molecule has 3 N–H and O–H groups in total. The monoisotopic (exact) mass is 287 g/mol. The zero-order valence-electron chi connectivity index (χ0n) is 11.0. The molecular formula is C11H17N3O4S. The first-order valence-electron chi connectivity index (χ1n) is 5.62. The normalized spacial score (nSPS) is 12.6. The molecular weight excluding hydrogens is 270 g/mol. The number of alkyl carbamates (subject to hydrolysis) is 1. The number of rotatable bonds is 4. The standard InChI is InChI=1S/C11H17N3O4S/c1-11(2,3)18-10(17)13-7(6-15)8(16)14-9-12-4-5-19-9/h4-5,7,15H,6H2,1-3H3,(H,13,17)(H,12,14,16). The fraction of sp³-hybridized carbons (Fsp3) is 0.545. The minimum atomic E-state index is -1.08. The third-order valence-electron chi connectivity index (χ3n) is 1.85. The van der Waals surface area contributed by atoms with Gasteiger partial charge in [-0.05, 0) is 20.8 Å². The van der Waals surface area contributed by atoms with Crippen molar-refractivity contribution in [1.82, 2.24) is 10.3 Å². The number of carbonyl (C=O) groups excluding carboxylic acids is 2. The number of aliphatic hydroxyl groups excluding tert-OH is 1. The largest absolute Gasteiger partial charge is 0.444 e. The van der Waals surface area contributed by atoms with Crippen LogP contribution < -0.4 is 10.6 Å². The maximum atomic E-state index is 11.8. The van der Waals surface area contributed by atoms with Crippen molar-refractivity contribution in [3.63, 3.8) is 0 Å². The highest BCUT2D eigenvalue weighted by molar-refractivity contribution is 7.13. The first kappa shape index (κ1) is 15.4. The number of nitrogens with zero attached hydrogens (tertiary/aromatic N) is 1. The first-order chi connectivity index (χ1) is 8.81. The summed E-state index contributed by atoms with van der Waals surface area (Å²) in [6, 6.07) is -1.08. The van der Waals surface area contributed by atoms with Crippen LogP contribution in [0.1, 0.15) is 20.8 Å². The second-order valence-corrected chi connectivity index (χ2v) is 5.60. The molecule has 0 saturated heterocycles. The topological polar surface area (TPSA) is 101 Å². The van der Waals surface area contributed by atoms with Crippen LogP contribution >= 0.6 is 11.3 Å². The minimum Gasteiger partial charge on any atom is -0.444 e. The number of amides is 2. The fourth-order valence-electron chi connectivity index (χ4n) is 1.12. The number of ether oxygens (including phenoxy) is 1. The molecule has 0 aromatic carbocycles. The van der Waals surface area contributed by atoms with Crippen LogP contribution in [0.5, 0.6) is 0 Å². The molecule has 0 aliphatic carbocycles. The van der Waals surface area contributed by atoms with Crippen LogP contribution in [0.3, 0.4) is 0 Å². The highest BCUT2D eigenvalue weighted by Gasteiger charge is 2.24. The van der Waals surface area contributed by atoms with Crippen LogP contribution in [0.4, 0.5) is 9.93 Å². The average molecular weight is 287 g/mol. The van der Waals surface area contributed by atoms with Gasteiger partial charge >= 0.3 is 6.09 Å². The van der Waals surface area contributed by atoms with Gasteiger partial charge in [-0.1, -0.05) is 0 Å². The van der Waals surface area contributed by atoms with E-state index in [0.717, 1.165) is 0 Å². The lowest BCUT2D eigenvalue weighted by Crippen LogP contribution is -2.47. The molecule has 106 valence electrons. The van der Waals surface area contributed by atoms with Crippen molar-refractivity contribution in [3.05, 3.63) is 11.6 Å². The number of carbonyl (C=O) groups is 2. The molecule has 0 radical (unpaired) electrons. The van der Waals surface area contributed by atoms with E-state index in [1.807, 2.05) is 0 Å². The summed E-state index contributed by atoms with van der Waals surface area (Å²) in [6.07, 6.45) is 0.774. The smallest absolute Gasteiger partial charge is 0.408 e. The van der Waals surface area contributed by atoms with E-state index in [-0.39, 0.29) is 0 Å². The molecule has 0 spiro atoms. The Hall–Kier alpha value is -1.67. The van der Waals surface area contributed by atoms with Crippen LogP contribution in [0.25, 0.3) is 0 Å². The molecule has 1 unspecified atom stereocenters. The number of thiazole rings is 1. The highest BCUT2D eigenvalue weighted by atomic mass is 32.1. The molecule has 7 nitrogen and oxygen atoms in total. The first-order valence-corrected chi connectivity index (χ1v) is 6.50. The van der Waals surface area contributed by atoms with Crippen LogP contribution in [0, 0.1) is 0 Å². The zero-order valence-corrected chi connectivity index (χ0v) is 11.8. The van der Waals surface area contributed by atoms with Gasteiger partial charge in [0.2, 0.25) is 0 Å². The molecule has 8 heteroatoms. The number of hydrogen-bond donors (Lipinski definition) is 3. The maximum absolute atomic E-state index is 11.8. The second-order valence-electron chi connectivity index (χ2n) is 4.71. The Bertz CT molecular complexity index is 428. The van der Waals surface area contributed by atoms with Gasteiger partial charge in [0.25, 0.3) is 5.91 Å². The maximum Gasteiger partial charge on any atom is 0.408 e. The van der Waals surface area contributed by atoms with E-state index in [9.17, 15) is 9.59 Å². The summed E-state index contributed by atoms with van der Waals surface area (Å²) in [5.41, 5.74) is -0.671. The lowest BCUT2D eigenvalue weighted by Gasteiger charge is -2.22. The van der Waals surface area contributed by atoms with Gasteiger partial charge < -0.3 is 20.5 Å². The molecule has 0 aliphatic rings. The highest BCUT2D eigenvalue weighted by Crippen LogP contribution is 2.11. The van der Waals surface area contributed by atoms with Crippen molar-refractivity contribution < 1.29 is 19.4 Å². The van der Waals surface area contributed by atoms with Gasteiger partial charge in [-0.15, -0.1) is 11.3 Å². The van der Waals surface area contributed by atoms with Crippen molar-refractivity contribution in [2.45, 2.75) is 32.4 Å². The van der Waals surface area contributed by atoms with Crippen molar-refractivity contribution in [2.75, 3.05) is 11.9 Å². The van der Waals surface area contributed by atoms with Crippen molar-refractivity contribution in [1.29, 1.82) is 0 Å². The van der Waals surface area contributed by atoms with E-state index in [1.165, 1.54) is 17.5 Å². The van der Waals surface area contributed by atoms with E-state index in [4.69, 9.17) is 9.84 Å². The number of hydrogen-bond acceptors (Lipinski definition) is 6. The summed E-state index contributed by atoms with van der Waals surface area (Å²) in [5.74, 6) is -0.552. The Morgan fingerprint density at radius 3 is 2.68 bits per heavy atom. The second kappa shape index (κ2) is 6.48. The molecule has 0 bridgehead atoms. The van der Waals surface area contributed by atoms with Gasteiger partial charge in [0.05, 0.1) is 6.61 Å². The SMILES string of the molecule is CC(C)(C)OC(=O)NC(CO)C(=O)Nc1nccs1. The molecule has 1 heterocycles. The summed E-state index contributed by atoms with van der Waals surface area (Å²) >= 11 is 1.24. The Labute approximate surface area is 115 Å². The van der Waals surface area contributed by atoms with Crippen LogP contribution in [0.15, 0.2) is 11.6 Å². The molecule has 1 atom stereocenters. The van der Waals surface area contributed by atoms with Gasteiger partial charge in [-0.2, -0.15) is 0 Å². The van der Waals surface area contributed by atoms with Crippen molar-refractivity contribution in [2.24, 2.45) is 0 Å². The Kier molecular flexibility index (Phi) is 5.25. The Morgan fingerprint density at radius 1 is 1.53 bits per heavy atom. The zero-order chi connectivity index (χ0) is 14.5. The molecule has 1 aromatic heterocycles. The van der Waals surface area contributed by atoms with E-state index in [2.05, 4.69) is 15.6 Å². The summed E-state index contributed by atoms with van der Waals surface area (Å²) in [5, 5.41) is 16.0. The quantitative estimate of drug-likeness (QED) is 0.766. The van der Waals surface area contributed by atoms with Crippen LogP contribution in [-0.2, 0) is 9.53 Å². The van der Waals surface area contributed by atoms with Crippen LogP contribution in [0.2, 0.25) is 0 Å². The van der Waals surface area contributed by atoms with Crippen molar-refractivity contribution in [3.8, 4) is 0 Å². The molecule has 0 aliphatic heterocycles.